The Morgan fingerprint density at radius 2 is 2.28 bits per heavy atom. The Labute approximate surface area is 110 Å². The van der Waals surface area contributed by atoms with Gasteiger partial charge in [-0.2, -0.15) is 5.10 Å². The molecule has 0 spiro atoms. The van der Waals surface area contributed by atoms with Crippen molar-refractivity contribution < 1.29 is 0 Å². The van der Waals surface area contributed by atoms with Gasteiger partial charge in [-0.05, 0) is 32.3 Å². The molecule has 1 aromatic rings. The highest BCUT2D eigenvalue weighted by Gasteiger charge is 2.15. The van der Waals surface area contributed by atoms with Crippen molar-refractivity contribution in [3.63, 3.8) is 0 Å². The van der Waals surface area contributed by atoms with E-state index in [-0.39, 0.29) is 0 Å². The summed E-state index contributed by atoms with van der Waals surface area (Å²) < 4.78 is 2.17. The number of aromatic nitrogens is 2. The van der Waals surface area contributed by atoms with Crippen molar-refractivity contribution in [3.8, 4) is 0 Å². The molecule has 1 saturated carbocycles. The van der Waals surface area contributed by atoms with Crippen molar-refractivity contribution >= 4 is 0 Å². The molecule has 3 heteroatoms. The van der Waals surface area contributed by atoms with Crippen LogP contribution in [0, 0.1) is 0 Å². The van der Waals surface area contributed by atoms with Gasteiger partial charge < -0.3 is 5.32 Å². The molecule has 0 bridgehead atoms. The lowest BCUT2D eigenvalue weighted by molar-refractivity contribution is 0.327. The van der Waals surface area contributed by atoms with Crippen molar-refractivity contribution in [1.82, 2.24) is 15.1 Å². The summed E-state index contributed by atoms with van der Waals surface area (Å²) in [5.74, 6) is 0. The summed E-state index contributed by atoms with van der Waals surface area (Å²) in [7, 11) is 0. The molecule has 1 heterocycles. The van der Waals surface area contributed by atoms with Crippen LogP contribution in [-0.4, -0.2) is 15.8 Å². The second-order valence-electron chi connectivity index (χ2n) is 5.39. The van der Waals surface area contributed by atoms with Gasteiger partial charge in [-0.3, -0.25) is 4.68 Å². The van der Waals surface area contributed by atoms with E-state index in [9.17, 15) is 0 Å². The Kier molecular flexibility index (Phi) is 5.00. The monoisotopic (exact) mass is 247 g/mol. The average molecular weight is 247 g/mol. The molecule has 1 aliphatic carbocycles. The minimum Gasteiger partial charge on any atom is -0.308 e. The Balaban J connectivity index is 1.83. The zero-order chi connectivity index (χ0) is 12.8. The first kappa shape index (κ1) is 13.3. The third-order valence-corrected chi connectivity index (χ3v) is 3.76. The minimum absolute atomic E-state index is 0.474. The van der Waals surface area contributed by atoms with Crippen LogP contribution < -0.4 is 5.32 Å². The summed E-state index contributed by atoms with van der Waals surface area (Å²) in [6.45, 7) is 6.80. The van der Waals surface area contributed by atoms with E-state index in [4.69, 9.17) is 5.10 Å². The summed E-state index contributed by atoms with van der Waals surface area (Å²) in [5, 5.41) is 8.16. The minimum atomic E-state index is 0.474. The molecule has 1 aliphatic rings. The van der Waals surface area contributed by atoms with Crippen LogP contribution in [0.1, 0.15) is 57.2 Å². The van der Waals surface area contributed by atoms with E-state index in [0.717, 1.165) is 18.7 Å². The average Bonchev–Trinajstić information content (AvgIpc) is 2.87. The summed E-state index contributed by atoms with van der Waals surface area (Å²) in [5.41, 5.74) is 1.15. The number of nitrogens with one attached hydrogen (secondary N) is 1. The first-order valence-corrected chi connectivity index (χ1v) is 7.18. The van der Waals surface area contributed by atoms with Gasteiger partial charge in [0.15, 0.2) is 0 Å². The molecule has 0 radical (unpaired) electrons. The molecule has 0 saturated heterocycles. The van der Waals surface area contributed by atoms with Gasteiger partial charge in [0, 0.05) is 18.8 Å². The highest BCUT2D eigenvalue weighted by atomic mass is 15.3. The molecule has 0 aliphatic heterocycles. The highest BCUT2D eigenvalue weighted by molar-refractivity contribution is 5.00. The van der Waals surface area contributed by atoms with Crippen molar-refractivity contribution in [2.45, 2.75) is 64.1 Å². The lowest BCUT2D eigenvalue weighted by atomic mass is 9.96. The van der Waals surface area contributed by atoms with Gasteiger partial charge >= 0.3 is 0 Å². The molecule has 1 aromatic heterocycles. The van der Waals surface area contributed by atoms with E-state index >= 15 is 0 Å². The zero-order valence-electron chi connectivity index (χ0n) is 11.4. The van der Waals surface area contributed by atoms with Gasteiger partial charge in [-0.15, -0.1) is 6.58 Å². The largest absolute Gasteiger partial charge is 0.308 e. The van der Waals surface area contributed by atoms with Gasteiger partial charge in [-0.1, -0.05) is 25.3 Å². The standard InChI is InChI=1S/C15H25N3/c1-3-7-13(2)16-12-14-10-11-18(17-14)15-8-5-4-6-9-15/h3,10-11,13,15-16H,1,4-9,12H2,2H3. The van der Waals surface area contributed by atoms with Crippen LogP contribution in [0.2, 0.25) is 0 Å². The normalized spacial score (nSPS) is 18.7. The molecule has 2 rings (SSSR count). The van der Waals surface area contributed by atoms with Crippen LogP contribution in [0.25, 0.3) is 0 Å². The summed E-state index contributed by atoms with van der Waals surface area (Å²) in [6, 6.07) is 3.25. The molecule has 1 atom stereocenters. The fourth-order valence-corrected chi connectivity index (χ4v) is 2.63. The highest BCUT2D eigenvalue weighted by Crippen LogP contribution is 2.27. The summed E-state index contributed by atoms with van der Waals surface area (Å²) >= 11 is 0. The smallest absolute Gasteiger partial charge is 0.0762 e. The Morgan fingerprint density at radius 3 is 3.00 bits per heavy atom. The zero-order valence-corrected chi connectivity index (χ0v) is 11.4. The van der Waals surface area contributed by atoms with Gasteiger partial charge in [0.1, 0.15) is 0 Å². The van der Waals surface area contributed by atoms with Crippen LogP contribution in [0.15, 0.2) is 24.9 Å². The predicted octanol–water partition coefficient (Wildman–Crippen LogP) is 3.44. The summed E-state index contributed by atoms with van der Waals surface area (Å²) in [6.07, 6.45) is 11.8. The number of hydrogen-bond acceptors (Lipinski definition) is 2. The fraction of sp³-hybridized carbons (Fsp3) is 0.667. The van der Waals surface area contributed by atoms with E-state index < -0.39 is 0 Å². The first-order chi connectivity index (χ1) is 8.79. The van der Waals surface area contributed by atoms with Crippen molar-refractivity contribution in [2.24, 2.45) is 0 Å². The second-order valence-corrected chi connectivity index (χ2v) is 5.39. The second kappa shape index (κ2) is 6.74. The number of hydrogen-bond donors (Lipinski definition) is 1. The van der Waals surface area contributed by atoms with Crippen LogP contribution in [0.5, 0.6) is 0 Å². The van der Waals surface area contributed by atoms with E-state index in [1.165, 1.54) is 32.1 Å². The lowest BCUT2D eigenvalue weighted by Gasteiger charge is -2.21. The van der Waals surface area contributed by atoms with Crippen LogP contribution >= 0.6 is 0 Å². The van der Waals surface area contributed by atoms with Gasteiger partial charge in [0.25, 0.3) is 0 Å². The SMILES string of the molecule is C=CCC(C)NCc1ccn(C2CCCCC2)n1. The Bertz CT molecular complexity index is 364. The van der Waals surface area contributed by atoms with Crippen molar-refractivity contribution in [3.05, 3.63) is 30.6 Å². The third-order valence-electron chi connectivity index (χ3n) is 3.76. The molecule has 3 nitrogen and oxygen atoms in total. The predicted molar refractivity (Wildman–Crippen MR) is 75.5 cm³/mol. The molecule has 1 fully saturated rings. The van der Waals surface area contributed by atoms with Crippen LogP contribution in [0.4, 0.5) is 0 Å². The molecular formula is C15H25N3. The van der Waals surface area contributed by atoms with Crippen LogP contribution in [-0.2, 0) is 6.54 Å². The molecule has 1 N–H and O–H groups in total. The third kappa shape index (κ3) is 3.70. The van der Waals surface area contributed by atoms with E-state index in [0.29, 0.717) is 12.1 Å². The van der Waals surface area contributed by atoms with Gasteiger partial charge in [0.05, 0.1) is 11.7 Å². The number of nitrogens with zero attached hydrogens (tertiary/aromatic N) is 2. The first-order valence-electron chi connectivity index (χ1n) is 7.18. The Morgan fingerprint density at radius 1 is 1.50 bits per heavy atom. The molecule has 100 valence electrons. The molecule has 18 heavy (non-hydrogen) atoms. The van der Waals surface area contributed by atoms with Crippen LogP contribution in [0.3, 0.4) is 0 Å². The van der Waals surface area contributed by atoms with E-state index in [1.54, 1.807) is 0 Å². The van der Waals surface area contributed by atoms with Gasteiger partial charge in [-0.25, -0.2) is 0 Å². The van der Waals surface area contributed by atoms with Crippen molar-refractivity contribution in [1.29, 1.82) is 0 Å². The molecular weight excluding hydrogens is 222 g/mol. The maximum atomic E-state index is 4.69. The maximum Gasteiger partial charge on any atom is 0.0762 e. The molecule has 0 amide bonds. The van der Waals surface area contributed by atoms with Gasteiger partial charge in [0.2, 0.25) is 0 Å². The maximum absolute atomic E-state index is 4.69. The lowest BCUT2D eigenvalue weighted by Crippen LogP contribution is -2.25. The number of rotatable bonds is 6. The Hall–Kier alpha value is -1.09. The topological polar surface area (TPSA) is 29.9 Å². The fourth-order valence-electron chi connectivity index (χ4n) is 2.63. The quantitative estimate of drug-likeness (QED) is 0.780. The van der Waals surface area contributed by atoms with E-state index in [1.807, 2.05) is 6.08 Å². The van der Waals surface area contributed by atoms with E-state index in [2.05, 4.69) is 35.8 Å². The molecule has 0 aromatic carbocycles. The molecule has 1 unspecified atom stereocenters. The summed E-state index contributed by atoms with van der Waals surface area (Å²) in [4.78, 5) is 0. The van der Waals surface area contributed by atoms with Crippen molar-refractivity contribution in [2.75, 3.05) is 0 Å².